The van der Waals surface area contributed by atoms with Crippen LogP contribution < -0.4 is 5.32 Å². The fraction of sp³-hybridized carbons (Fsp3) is 0.905. The van der Waals surface area contributed by atoms with Gasteiger partial charge in [-0.3, -0.25) is 9.59 Å². The molecule has 1 amide bonds. The number of hydrogen-bond donors (Lipinski definition) is 1. The number of carbonyl (C=O) groups excluding carboxylic acids is 2. The molecule has 8 atom stereocenters. The maximum absolute atomic E-state index is 11.0. The van der Waals surface area contributed by atoms with Crippen molar-refractivity contribution >= 4 is 12.9 Å². The van der Waals surface area contributed by atoms with Gasteiger partial charge in [0.05, 0.1) is 0 Å². The third-order valence-electron chi connectivity index (χ3n) is 9.13. The Morgan fingerprint density at radius 2 is 1.68 bits per heavy atom. The Balaban J connectivity index is 1.54. The molecule has 4 nitrogen and oxygen atoms in total. The zero-order chi connectivity index (χ0) is 17.7. The molecule has 0 aliphatic heterocycles. The quantitative estimate of drug-likeness (QED) is 0.789. The zero-order valence-electron chi connectivity index (χ0n) is 15.7. The lowest BCUT2D eigenvalue weighted by Gasteiger charge is -2.61. The molecule has 0 bridgehead atoms. The van der Waals surface area contributed by atoms with Crippen LogP contribution in [0.1, 0.15) is 71.6 Å². The van der Waals surface area contributed by atoms with Crippen LogP contribution in [0.2, 0.25) is 0 Å². The predicted molar refractivity (Wildman–Crippen MR) is 95.7 cm³/mol. The number of nitrogens with one attached hydrogen (secondary N) is 1. The summed E-state index contributed by atoms with van der Waals surface area (Å²) in [5, 5.41) is 3.14. The lowest BCUT2D eigenvalue weighted by molar-refractivity contribution is -0.149. The Morgan fingerprint density at radius 3 is 2.44 bits per heavy atom. The van der Waals surface area contributed by atoms with Crippen LogP contribution in [0.15, 0.2) is 0 Å². The molecule has 4 rings (SSSR count). The van der Waals surface area contributed by atoms with E-state index in [0.29, 0.717) is 29.3 Å². The summed E-state index contributed by atoms with van der Waals surface area (Å²) in [6.45, 7) is 5.61. The van der Waals surface area contributed by atoms with Crippen LogP contribution in [-0.2, 0) is 14.3 Å². The summed E-state index contributed by atoms with van der Waals surface area (Å²) in [7, 11) is 0. The molecule has 4 aliphatic carbocycles. The van der Waals surface area contributed by atoms with E-state index in [2.05, 4.69) is 19.2 Å². The average molecular weight is 347 g/mol. The molecule has 0 aromatic heterocycles. The molecule has 1 N–H and O–H groups in total. The predicted octanol–water partition coefficient (Wildman–Crippen LogP) is 3.69. The number of hydrogen-bond acceptors (Lipinski definition) is 3. The minimum atomic E-state index is 0.147. The van der Waals surface area contributed by atoms with Crippen LogP contribution in [-0.4, -0.2) is 25.0 Å². The third-order valence-corrected chi connectivity index (χ3v) is 9.13. The monoisotopic (exact) mass is 347 g/mol. The van der Waals surface area contributed by atoms with E-state index < -0.39 is 0 Å². The van der Waals surface area contributed by atoms with E-state index in [-0.39, 0.29) is 6.10 Å². The second-order valence-electron chi connectivity index (χ2n) is 9.74. The Morgan fingerprint density at radius 1 is 0.920 bits per heavy atom. The number of rotatable bonds is 4. The van der Waals surface area contributed by atoms with E-state index in [1.54, 1.807) is 0 Å². The summed E-state index contributed by atoms with van der Waals surface area (Å²) in [6.07, 6.45) is 12.0. The highest BCUT2D eigenvalue weighted by Gasteiger charge is 2.60. The van der Waals surface area contributed by atoms with Gasteiger partial charge in [-0.15, -0.1) is 0 Å². The lowest BCUT2D eigenvalue weighted by atomic mass is 9.45. The van der Waals surface area contributed by atoms with Crippen molar-refractivity contribution in [2.75, 3.05) is 0 Å². The minimum Gasteiger partial charge on any atom is -0.465 e. The van der Waals surface area contributed by atoms with Crippen molar-refractivity contribution in [2.45, 2.75) is 83.8 Å². The van der Waals surface area contributed by atoms with Gasteiger partial charge in [0.25, 0.3) is 6.47 Å². The summed E-state index contributed by atoms with van der Waals surface area (Å²) in [6, 6.07) is 0.373. The van der Waals surface area contributed by atoms with Crippen LogP contribution in [0, 0.1) is 34.5 Å². The molecule has 140 valence electrons. The molecule has 25 heavy (non-hydrogen) atoms. The number of amides is 1. The molecular formula is C21H33NO3. The number of ether oxygens (including phenoxy) is 1. The smallest absolute Gasteiger partial charge is 0.293 e. The van der Waals surface area contributed by atoms with Crippen LogP contribution >= 0.6 is 0 Å². The van der Waals surface area contributed by atoms with Gasteiger partial charge in [-0.2, -0.15) is 0 Å². The first-order chi connectivity index (χ1) is 12.0. The second kappa shape index (κ2) is 6.28. The molecule has 0 radical (unpaired) electrons. The third kappa shape index (κ3) is 2.54. The first-order valence-corrected chi connectivity index (χ1v) is 10.3. The van der Waals surface area contributed by atoms with Crippen molar-refractivity contribution in [3.05, 3.63) is 0 Å². The zero-order valence-corrected chi connectivity index (χ0v) is 15.7. The maximum atomic E-state index is 11.0. The van der Waals surface area contributed by atoms with Gasteiger partial charge < -0.3 is 10.1 Å². The van der Waals surface area contributed by atoms with Crippen LogP contribution in [0.4, 0.5) is 0 Å². The highest BCUT2D eigenvalue weighted by molar-refractivity contribution is 5.47. The van der Waals surface area contributed by atoms with E-state index in [1.807, 2.05) is 0 Å². The van der Waals surface area contributed by atoms with E-state index in [1.165, 1.54) is 38.5 Å². The van der Waals surface area contributed by atoms with E-state index in [4.69, 9.17) is 4.74 Å². The van der Waals surface area contributed by atoms with Gasteiger partial charge in [0.2, 0.25) is 6.41 Å². The summed E-state index contributed by atoms with van der Waals surface area (Å²) in [5.74, 6) is 3.12. The summed E-state index contributed by atoms with van der Waals surface area (Å²) >= 11 is 0. The Hall–Kier alpha value is -1.06. The van der Waals surface area contributed by atoms with Gasteiger partial charge in [-0.1, -0.05) is 13.8 Å². The SMILES string of the molecule is C[C@]12CC[C@H](OC=O)C[C@@H]1CC[C@@H]1[C@H]2CC[C@]2(C)[C@@H](NC=O)CC[C@@H]12. The molecule has 0 aromatic carbocycles. The molecule has 4 fully saturated rings. The number of fused-ring (bicyclic) bond motifs is 5. The molecule has 0 spiro atoms. The van der Waals surface area contributed by atoms with Crippen LogP contribution in [0.5, 0.6) is 0 Å². The Kier molecular flexibility index (Phi) is 4.36. The van der Waals surface area contributed by atoms with Crippen molar-refractivity contribution in [2.24, 2.45) is 34.5 Å². The van der Waals surface area contributed by atoms with Gasteiger partial charge in [-0.05, 0) is 92.3 Å². The van der Waals surface area contributed by atoms with E-state index in [9.17, 15) is 9.59 Å². The highest BCUT2D eigenvalue weighted by Crippen LogP contribution is 2.66. The van der Waals surface area contributed by atoms with Crippen molar-refractivity contribution in [3.63, 3.8) is 0 Å². The largest absolute Gasteiger partial charge is 0.465 e. The average Bonchev–Trinajstić information content (AvgIpc) is 2.93. The van der Waals surface area contributed by atoms with E-state index in [0.717, 1.165) is 43.4 Å². The highest BCUT2D eigenvalue weighted by atomic mass is 16.5. The molecule has 0 aromatic rings. The van der Waals surface area contributed by atoms with Gasteiger partial charge in [0, 0.05) is 6.04 Å². The van der Waals surface area contributed by atoms with E-state index >= 15 is 0 Å². The van der Waals surface area contributed by atoms with Crippen molar-refractivity contribution in [1.29, 1.82) is 0 Å². The summed E-state index contributed by atoms with van der Waals surface area (Å²) in [5.41, 5.74) is 0.715. The standard InChI is InChI=1S/C21H33NO3/c1-20-9-7-15(25-13-24)11-14(20)3-4-16-17-5-6-19(22-12-23)21(17,2)10-8-18(16)20/h12-19H,3-11H2,1-2H3,(H,22,23)/t14-,15-,16-,17-,18+,19-,20-,21-/m0/s1. The van der Waals surface area contributed by atoms with Crippen molar-refractivity contribution in [1.82, 2.24) is 5.32 Å². The topological polar surface area (TPSA) is 55.4 Å². The molecule has 4 heteroatoms. The first kappa shape index (κ1) is 17.4. The van der Waals surface area contributed by atoms with Gasteiger partial charge in [0.1, 0.15) is 6.10 Å². The molecular weight excluding hydrogens is 314 g/mol. The van der Waals surface area contributed by atoms with Crippen LogP contribution in [0.3, 0.4) is 0 Å². The lowest BCUT2D eigenvalue weighted by Crippen LogP contribution is -2.55. The summed E-state index contributed by atoms with van der Waals surface area (Å²) < 4.78 is 5.32. The van der Waals surface area contributed by atoms with Gasteiger partial charge in [-0.25, -0.2) is 0 Å². The Labute approximate surface area is 151 Å². The molecule has 0 saturated heterocycles. The number of carbonyl (C=O) groups is 2. The van der Waals surface area contributed by atoms with Crippen molar-refractivity contribution in [3.8, 4) is 0 Å². The molecule has 4 aliphatic rings. The van der Waals surface area contributed by atoms with Crippen LogP contribution in [0.25, 0.3) is 0 Å². The van der Waals surface area contributed by atoms with Gasteiger partial charge in [0.15, 0.2) is 0 Å². The first-order valence-electron chi connectivity index (χ1n) is 10.3. The normalized spacial score (nSPS) is 51.6. The van der Waals surface area contributed by atoms with Gasteiger partial charge >= 0.3 is 0 Å². The maximum Gasteiger partial charge on any atom is 0.293 e. The second-order valence-corrected chi connectivity index (χ2v) is 9.74. The molecule has 0 unspecified atom stereocenters. The fourth-order valence-electron chi connectivity index (χ4n) is 7.78. The minimum absolute atomic E-state index is 0.147. The molecule has 4 saturated carbocycles. The summed E-state index contributed by atoms with van der Waals surface area (Å²) in [4.78, 5) is 21.8. The molecule has 0 heterocycles. The fourth-order valence-corrected chi connectivity index (χ4v) is 7.78. The Bertz CT molecular complexity index is 537. The van der Waals surface area contributed by atoms with Crippen molar-refractivity contribution < 1.29 is 14.3 Å².